The highest BCUT2D eigenvalue weighted by Crippen LogP contribution is 2.31. The molecule has 1 aliphatic rings. The van der Waals surface area contributed by atoms with E-state index in [1.54, 1.807) is 0 Å². The van der Waals surface area contributed by atoms with Gasteiger partial charge in [0.2, 0.25) is 0 Å². The van der Waals surface area contributed by atoms with Gasteiger partial charge in [-0.3, -0.25) is 4.84 Å². The van der Waals surface area contributed by atoms with E-state index in [0.717, 1.165) is 19.4 Å². The molecule has 1 atom stereocenters. The molecule has 0 saturated carbocycles. The van der Waals surface area contributed by atoms with Crippen LogP contribution >= 0.6 is 0 Å². The summed E-state index contributed by atoms with van der Waals surface area (Å²) >= 11 is 0. The molecule has 12 heavy (non-hydrogen) atoms. The molecule has 0 bridgehead atoms. The third kappa shape index (κ3) is 2.46. The van der Waals surface area contributed by atoms with E-state index in [1.165, 1.54) is 6.42 Å². The Hall–Kier alpha value is -0.0800. The lowest BCUT2D eigenvalue weighted by atomic mass is 9.83. The van der Waals surface area contributed by atoms with Crippen LogP contribution in [0.3, 0.4) is 0 Å². The van der Waals surface area contributed by atoms with E-state index >= 15 is 0 Å². The van der Waals surface area contributed by atoms with Gasteiger partial charge in [-0.25, -0.2) is 5.48 Å². The second-order valence-electron chi connectivity index (χ2n) is 4.89. The lowest BCUT2D eigenvalue weighted by Gasteiger charge is -2.25. The molecule has 1 aliphatic heterocycles. The summed E-state index contributed by atoms with van der Waals surface area (Å²) < 4.78 is 0. The van der Waals surface area contributed by atoms with Gasteiger partial charge in [-0.05, 0) is 31.6 Å². The molecule has 72 valence electrons. The average molecular weight is 171 g/mol. The highest BCUT2D eigenvalue weighted by Gasteiger charge is 2.31. The molecule has 0 aromatic heterocycles. The van der Waals surface area contributed by atoms with E-state index in [9.17, 15) is 0 Å². The Bertz CT molecular complexity index is 156. The van der Waals surface area contributed by atoms with E-state index in [4.69, 9.17) is 4.84 Å². The number of nitrogens with one attached hydrogen (secondary N) is 1. The van der Waals surface area contributed by atoms with Crippen molar-refractivity contribution in [2.75, 3.05) is 6.54 Å². The topological polar surface area (TPSA) is 21.3 Å². The largest absolute Gasteiger partial charge is 0.296 e. The van der Waals surface area contributed by atoms with Crippen LogP contribution in [0.1, 0.15) is 47.0 Å². The standard InChI is InChI=1S/C10H21NO/c1-5-10(4)7-6-9(2,3)8-11-12-10/h11H,5-8H2,1-4H3. The van der Waals surface area contributed by atoms with Crippen molar-refractivity contribution in [2.24, 2.45) is 5.41 Å². The summed E-state index contributed by atoms with van der Waals surface area (Å²) in [6.45, 7) is 9.89. The molecule has 0 radical (unpaired) electrons. The van der Waals surface area contributed by atoms with Crippen LogP contribution < -0.4 is 5.48 Å². The molecular weight excluding hydrogens is 150 g/mol. The molecule has 0 amide bonds. The lowest BCUT2D eigenvalue weighted by molar-refractivity contribution is -0.0928. The monoisotopic (exact) mass is 171 g/mol. The maximum absolute atomic E-state index is 5.63. The second-order valence-corrected chi connectivity index (χ2v) is 4.89. The molecule has 1 unspecified atom stereocenters. The van der Waals surface area contributed by atoms with Crippen LogP contribution in [0.25, 0.3) is 0 Å². The van der Waals surface area contributed by atoms with Gasteiger partial charge in [0.15, 0.2) is 0 Å². The second kappa shape index (κ2) is 3.35. The predicted molar refractivity (Wildman–Crippen MR) is 50.8 cm³/mol. The van der Waals surface area contributed by atoms with Crippen LogP contribution in [-0.4, -0.2) is 12.1 Å². The van der Waals surface area contributed by atoms with Crippen molar-refractivity contribution in [3.8, 4) is 0 Å². The Morgan fingerprint density at radius 2 is 1.92 bits per heavy atom. The Balaban J connectivity index is 2.56. The first-order valence-electron chi connectivity index (χ1n) is 4.88. The van der Waals surface area contributed by atoms with Crippen molar-refractivity contribution in [1.29, 1.82) is 0 Å². The first-order chi connectivity index (χ1) is 5.47. The van der Waals surface area contributed by atoms with Crippen molar-refractivity contribution in [2.45, 2.75) is 52.6 Å². The van der Waals surface area contributed by atoms with Crippen molar-refractivity contribution in [3.05, 3.63) is 0 Å². The normalized spacial score (nSPS) is 36.0. The highest BCUT2D eigenvalue weighted by atomic mass is 16.7. The average Bonchev–Trinajstić information content (AvgIpc) is 2.13. The van der Waals surface area contributed by atoms with Gasteiger partial charge in [0.25, 0.3) is 0 Å². The maximum atomic E-state index is 5.63. The molecule has 0 spiro atoms. The zero-order valence-electron chi connectivity index (χ0n) is 8.74. The van der Waals surface area contributed by atoms with Crippen molar-refractivity contribution in [1.82, 2.24) is 5.48 Å². The van der Waals surface area contributed by atoms with Gasteiger partial charge in [-0.2, -0.15) is 0 Å². The zero-order valence-corrected chi connectivity index (χ0v) is 8.74. The van der Waals surface area contributed by atoms with Gasteiger partial charge in [-0.1, -0.05) is 20.8 Å². The third-order valence-electron chi connectivity index (χ3n) is 2.95. The molecule has 2 heteroatoms. The Morgan fingerprint density at radius 1 is 1.25 bits per heavy atom. The third-order valence-corrected chi connectivity index (χ3v) is 2.95. The molecule has 1 saturated heterocycles. The van der Waals surface area contributed by atoms with Crippen LogP contribution in [-0.2, 0) is 4.84 Å². The first kappa shape index (κ1) is 10.0. The van der Waals surface area contributed by atoms with Crippen molar-refractivity contribution < 1.29 is 4.84 Å². The fraction of sp³-hybridized carbons (Fsp3) is 1.00. The van der Waals surface area contributed by atoms with Gasteiger partial charge in [0, 0.05) is 6.54 Å². The van der Waals surface area contributed by atoms with Crippen molar-refractivity contribution in [3.63, 3.8) is 0 Å². The van der Waals surface area contributed by atoms with Gasteiger partial charge >= 0.3 is 0 Å². The molecular formula is C10H21NO. The summed E-state index contributed by atoms with van der Waals surface area (Å²) in [5.74, 6) is 0. The minimum Gasteiger partial charge on any atom is -0.296 e. The van der Waals surface area contributed by atoms with Gasteiger partial charge in [0.1, 0.15) is 0 Å². The smallest absolute Gasteiger partial charge is 0.0866 e. The van der Waals surface area contributed by atoms with Crippen LogP contribution in [0.15, 0.2) is 0 Å². The molecule has 0 aromatic carbocycles. The lowest BCUT2D eigenvalue weighted by Crippen LogP contribution is -2.33. The van der Waals surface area contributed by atoms with E-state index < -0.39 is 0 Å². The summed E-state index contributed by atoms with van der Waals surface area (Å²) in [6.07, 6.45) is 3.48. The van der Waals surface area contributed by atoms with Gasteiger partial charge < -0.3 is 0 Å². The van der Waals surface area contributed by atoms with Crippen LogP contribution in [0.2, 0.25) is 0 Å². The minimum atomic E-state index is 0.0494. The molecule has 0 aromatic rings. The molecule has 1 N–H and O–H groups in total. The molecule has 1 rings (SSSR count). The maximum Gasteiger partial charge on any atom is 0.0866 e. The van der Waals surface area contributed by atoms with Gasteiger partial charge in [-0.15, -0.1) is 0 Å². The molecule has 0 aliphatic carbocycles. The Morgan fingerprint density at radius 3 is 2.50 bits per heavy atom. The van der Waals surface area contributed by atoms with E-state index in [2.05, 4.69) is 33.2 Å². The van der Waals surface area contributed by atoms with Gasteiger partial charge in [0.05, 0.1) is 5.60 Å². The van der Waals surface area contributed by atoms with Crippen molar-refractivity contribution >= 4 is 0 Å². The fourth-order valence-corrected chi connectivity index (χ4v) is 1.40. The van der Waals surface area contributed by atoms with Crippen LogP contribution in [0.4, 0.5) is 0 Å². The number of hydrogen-bond donors (Lipinski definition) is 1. The number of hydroxylamine groups is 1. The zero-order chi connectivity index (χ0) is 9.24. The first-order valence-corrected chi connectivity index (χ1v) is 4.88. The summed E-state index contributed by atoms with van der Waals surface area (Å²) in [7, 11) is 0. The summed E-state index contributed by atoms with van der Waals surface area (Å²) in [6, 6.07) is 0. The number of rotatable bonds is 1. The fourth-order valence-electron chi connectivity index (χ4n) is 1.40. The quantitative estimate of drug-likeness (QED) is 0.654. The SMILES string of the molecule is CCC1(C)CCC(C)(C)CNO1. The van der Waals surface area contributed by atoms with Crippen LogP contribution in [0, 0.1) is 5.41 Å². The minimum absolute atomic E-state index is 0.0494. The van der Waals surface area contributed by atoms with E-state index in [1.807, 2.05) is 0 Å². The predicted octanol–water partition coefficient (Wildman–Crippen LogP) is 2.50. The number of hydrogen-bond acceptors (Lipinski definition) is 2. The highest BCUT2D eigenvalue weighted by molar-refractivity contribution is 4.81. The summed E-state index contributed by atoms with van der Waals surface area (Å²) in [4.78, 5) is 5.63. The molecule has 1 heterocycles. The van der Waals surface area contributed by atoms with E-state index in [-0.39, 0.29) is 5.60 Å². The summed E-state index contributed by atoms with van der Waals surface area (Å²) in [5, 5.41) is 0. The molecule has 2 nitrogen and oxygen atoms in total. The van der Waals surface area contributed by atoms with Crippen LogP contribution in [0.5, 0.6) is 0 Å². The Labute approximate surface area is 75.6 Å². The van der Waals surface area contributed by atoms with E-state index in [0.29, 0.717) is 5.41 Å². The molecule has 1 fully saturated rings. The Kier molecular flexibility index (Phi) is 2.79. The summed E-state index contributed by atoms with van der Waals surface area (Å²) in [5.41, 5.74) is 3.51.